The average Bonchev–Trinajstić information content (AvgIpc) is 3.03. The Hall–Kier alpha value is -2.50. The predicted molar refractivity (Wildman–Crippen MR) is 85.4 cm³/mol. The number of hydrogen-bond donors (Lipinski definition) is 2. The number of rotatable bonds is 9. The van der Waals surface area contributed by atoms with Gasteiger partial charge in [0.25, 0.3) is 0 Å². The Morgan fingerprint density at radius 3 is 2.95 bits per heavy atom. The van der Waals surface area contributed by atoms with Crippen LogP contribution in [0.3, 0.4) is 0 Å². The fourth-order valence-corrected chi connectivity index (χ4v) is 2.02. The van der Waals surface area contributed by atoms with Gasteiger partial charge in [0.15, 0.2) is 0 Å². The quantitative estimate of drug-likeness (QED) is 0.547. The van der Waals surface area contributed by atoms with Gasteiger partial charge in [0.2, 0.25) is 5.91 Å². The van der Waals surface area contributed by atoms with Crippen LogP contribution < -0.4 is 15.8 Å². The minimum atomic E-state index is 0.0512. The number of carbonyl (C=O) groups is 1. The highest BCUT2D eigenvalue weighted by Crippen LogP contribution is 2.19. The molecule has 0 saturated carbocycles. The molecule has 2 rings (SSSR count). The molecule has 1 aromatic heterocycles. The van der Waals surface area contributed by atoms with Crippen molar-refractivity contribution in [3.8, 4) is 5.75 Å². The Bertz CT molecular complexity index is 569. The molecule has 118 valence electrons. The normalized spacial score (nSPS) is 10.4. The second kappa shape index (κ2) is 8.71. The van der Waals surface area contributed by atoms with Crippen LogP contribution in [0, 0.1) is 0 Å². The second-order valence-corrected chi connectivity index (χ2v) is 4.99. The number of imidazole rings is 1. The summed E-state index contributed by atoms with van der Waals surface area (Å²) in [7, 11) is 0. The van der Waals surface area contributed by atoms with E-state index in [1.165, 1.54) is 0 Å². The van der Waals surface area contributed by atoms with Crippen molar-refractivity contribution in [3.63, 3.8) is 0 Å². The van der Waals surface area contributed by atoms with Crippen molar-refractivity contribution in [2.45, 2.75) is 25.8 Å². The molecular formula is C16H22N4O2. The molecule has 0 spiro atoms. The molecule has 0 bridgehead atoms. The van der Waals surface area contributed by atoms with E-state index in [2.05, 4.69) is 10.3 Å². The number of amides is 1. The number of para-hydroxylation sites is 2. The molecule has 1 heterocycles. The Labute approximate surface area is 130 Å². The van der Waals surface area contributed by atoms with Gasteiger partial charge in [-0.15, -0.1) is 0 Å². The zero-order valence-corrected chi connectivity index (χ0v) is 12.6. The third-order valence-corrected chi connectivity index (χ3v) is 3.20. The van der Waals surface area contributed by atoms with E-state index in [4.69, 9.17) is 10.5 Å². The van der Waals surface area contributed by atoms with Crippen LogP contribution in [0.1, 0.15) is 19.3 Å². The first-order valence-corrected chi connectivity index (χ1v) is 7.45. The lowest BCUT2D eigenvalue weighted by atomic mass is 10.3. The van der Waals surface area contributed by atoms with Crippen molar-refractivity contribution in [1.82, 2.24) is 14.9 Å². The van der Waals surface area contributed by atoms with Crippen LogP contribution in [-0.4, -0.2) is 28.6 Å². The number of ether oxygens (including phenoxy) is 1. The van der Waals surface area contributed by atoms with Gasteiger partial charge in [0.1, 0.15) is 5.75 Å². The Morgan fingerprint density at radius 1 is 1.32 bits per heavy atom. The molecule has 3 N–H and O–H groups in total. The first kappa shape index (κ1) is 15.9. The number of nitrogen functional groups attached to an aromatic ring is 1. The largest absolute Gasteiger partial charge is 0.491 e. The van der Waals surface area contributed by atoms with E-state index >= 15 is 0 Å². The lowest BCUT2D eigenvalue weighted by Gasteiger charge is -2.09. The molecule has 0 saturated heterocycles. The summed E-state index contributed by atoms with van der Waals surface area (Å²) >= 11 is 0. The number of nitrogens with two attached hydrogens (primary N) is 1. The van der Waals surface area contributed by atoms with Crippen LogP contribution in [0.5, 0.6) is 5.75 Å². The third kappa shape index (κ3) is 5.47. The zero-order chi connectivity index (χ0) is 15.6. The smallest absolute Gasteiger partial charge is 0.220 e. The summed E-state index contributed by atoms with van der Waals surface area (Å²) in [5.74, 6) is 0.721. The first-order chi connectivity index (χ1) is 10.8. The van der Waals surface area contributed by atoms with Gasteiger partial charge in [-0.1, -0.05) is 12.1 Å². The molecule has 6 nitrogen and oxygen atoms in total. The molecule has 6 heteroatoms. The van der Waals surface area contributed by atoms with Crippen molar-refractivity contribution in [3.05, 3.63) is 43.0 Å². The van der Waals surface area contributed by atoms with Crippen molar-refractivity contribution >= 4 is 11.6 Å². The van der Waals surface area contributed by atoms with Crippen LogP contribution in [0.2, 0.25) is 0 Å². The number of carbonyl (C=O) groups excluding carboxylic acids is 1. The minimum absolute atomic E-state index is 0.0512. The minimum Gasteiger partial charge on any atom is -0.491 e. The van der Waals surface area contributed by atoms with E-state index < -0.39 is 0 Å². The van der Waals surface area contributed by atoms with E-state index in [9.17, 15) is 4.79 Å². The molecule has 0 unspecified atom stereocenters. The number of aryl methyl sites for hydroxylation is 1. The van der Waals surface area contributed by atoms with E-state index in [0.717, 1.165) is 13.0 Å². The average molecular weight is 302 g/mol. The van der Waals surface area contributed by atoms with E-state index in [1.54, 1.807) is 18.6 Å². The first-order valence-electron chi connectivity index (χ1n) is 7.45. The van der Waals surface area contributed by atoms with Gasteiger partial charge in [-0.25, -0.2) is 4.98 Å². The second-order valence-electron chi connectivity index (χ2n) is 4.99. The molecule has 1 aromatic carbocycles. The third-order valence-electron chi connectivity index (χ3n) is 3.20. The van der Waals surface area contributed by atoms with E-state index in [-0.39, 0.29) is 5.91 Å². The zero-order valence-electron chi connectivity index (χ0n) is 12.6. The summed E-state index contributed by atoms with van der Waals surface area (Å²) in [5, 5.41) is 2.90. The highest BCUT2D eigenvalue weighted by atomic mass is 16.5. The Kier molecular flexibility index (Phi) is 6.29. The van der Waals surface area contributed by atoms with Crippen molar-refractivity contribution in [1.29, 1.82) is 0 Å². The summed E-state index contributed by atoms with van der Waals surface area (Å²) in [6.07, 6.45) is 7.44. The number of hydrogen-bond acceptors (Lipinski definition) is 4. The fraction of sp³-hybridized carbons (Fsp3) is 0.375. The summed E-state index contributed by atoms with van der Waals surface area (Å²) in [6, 6.07) is 7.35. The summed E-state index contributed by atoms with van der Waals surface area (Å²) in [5.41, 5.74) is 6.39. The van der Waals surface area contributed by atoms with E-state index in [0.29, 0.717) is 37.4 Å². The van der Waals surface area contributed by atoms with Gasteiger partial charge in [0.05, 0.1) is 18.6 Å². The maximum Gasteiger partial charge on any atom is 0.220 e. The molecule has 1 amide bonds. The van der Waals surface area contributed by atoms with Crippen LogP contribution in [0.15, 0.2) is 43.0 Å². The molecule has 0 aliphatic carbocycles. The van der Waals surface area contributed by atoms with Gasteiger partial charge < -0.3 is 20.4 Å². The molecule has 0 fully saturated rings. The molecule has 2 aromatic rings. The maximum atomic E-state index is 11.7. The lowest BCUT2D eigenvalue weighted by Crippen LogP contribution is -2.25. The highest BCUT2D eigenvalue weighted by Gasteiger charge is 2.02. The van der Waals surface area contributed by atoms with Gasteiger partial charge in [0, 0.05) is 31.9 Å². The van der Waals surface area contributed by atoms with Gasteiger partial charge in [-0.3, -0.25) is 4.79 Å². The summed E-state index contributed by atoms with van der Waals surface area (Å²) < 4.78 is 7.54. The van der Waals surface area contributed by atoms with Crippen LogP contribution in [-0.2, 0) is 11.3 Å². The van der Waals surface area contributed by atoms with E-state index in [1.807, 2.05) is 29.0 Å². The van der Waals surface area contributed by atoms with Crippen LogP contribution in [0.4, 0.5) is 5.69 Å². The summed E-state index contributed by atoms with van der Waals surface area (Å²) in [4.78, 5) is 15.6. The van der Waals surface area contributed by atoms with Gasteiger partial charge >= 0.3 is 0 Å². The Balaban J connectivity index is 1.51. The number of aromatic nitrogens is 2. The molecular weight excluding hydrogens is 280 g/mol. The van der Waals surface area contributed by atoms with Crippen molar-refractivity contribution in [2.75, 3.05) is 18.9 Å². The van der Waals surface area contributed by atoms with Crippen molar-refractivity contribution < 1.29 is 9.53 Å². The molecule has 0 aliphatic rings. The highest BCUT2D eigenvalue weighted by molar-refractivity contribution is 5.75. The van der Waals surface area contributed by atoms with Gasteiger partial charge in [-0.05, 0) is 25.0 Å². The van der Waals surface area contributed by atoms with Crippen molar-refractivity contribution in [2.24, 2.45) is 0 Å². The number of nitrogens with zero attached hydrogens (tertiary/aromatic N) is 2. The fourth-order valence-electron chi connectivity index (χ4n) is 2.02. The number of nitrogens with one attached hydrogen (secondary N) is 1. The molecule has 22 heavy (non-hydrogen) atoms. The standard InChI is InChI=1S/C16H22N4O2/c17-14-5-1-2-6-15(14)22-12-3-7-16(21)19-8-4-10-20-11-9-18-13-20/h1-2,5-6,9,11,13H,3-4,7-8,10,12,17H2,(H,19,21). The maximum absolute atomic E-state index is 11.7. The SMILES string of the molecule is Nc1ccccc1OCCCC(=O)NCCCn1ccnc1. The molecule has 0 atom stereocenters. The number of anilines is 1. The molecule has 0 radical (unpaired) electrons. The Morgan fingerprint density at radius 2 is 2.18 bits per heavy atom. The monoisotopic (exact) mass is 302 g/mol. The van der Waals surface area contributed by atoms with Gasteiger partial charge in [-0.2, -0.15) is 0 Å². The van der Waals surface area contributed by atoms with Crippen LogP contribution >= 0.6 is 0 Å². The summed E-state index contributed by atoms with van der Waals surface area (Å²) in [6.45, 7) is 2.01. The predicted octanol–water partition coefficient (Wildman–Crippen LogP) is 1.83. The number of benzene rings is 1. The van der Waals surface area contributed by atoms with Crippen LogP contribution in [0.25, 0.3) is 0 Å². The lowest BCUT2D eigenvalue weighted by molar-refractivity contribution is -0.121. The topological polar surface area (TPSA) is 82.2 Å². The molecule has 0 aliphatic heterocycles.